The van der Waals surface area contributed by atoms with E-state index >= 15 is 0 Å². The van der Waals surface area contributed by atoms with Gasteiger partial charge in [-0.05, 0) is 31.9 Å². The summed E-state index contributed by atoms with van der Waals surface area (Å²) in [4.78, 5) is 4.64. The lowest BCUT2D eigenvalue weighted by Gasteiger charge is -2.20. The second kappa shape index (κ2) is 10.3. The fraction of sp³-hybridized carbons (Fsp3) is 0.471. The molecule has 1 aromatic heterocycles. The van der Waals surface area contributed by atoms with Crippen LogP contribution in [-0.2, 0) is 6.54 Å². The van der Waals surface area contributed by atoms with Gasteiger partial charge in [-0.25, -0.2) is 4.99 Å². The maximum Gasteiger partial charge on any atom is 0.191 e. The summed E-state index contributed by atoms with van der Waals surface area (Å²) in [6.45, 7) is 9.88. The average Bonchev–Trinajstić information content (AvgIpc) is 3.02. The number of aromatic nitrogens is 3. The van der Waals surface area contributed by atoms with E-state index in [1.807, 2.05) is 34.9 Å². The quantitative estimate of drug-likeness (QED) is 0.410. The third-order valence-corrected chi connectivity index (χ3v) is 3.74. The molecule has 0 aliphatic carbocycles. The minimum absolute atomic E-state index is 0. The molecule has 6 nitrogen and oxygen atoms in total. The maximum absolute atomic E-state index is 4.64. The molecule has 132 valence electrons. The van der Waals surface area contributed by atoms with Crippen LogP contribution in [0.2, 0.25) is 0 Å². The van der Waals surface area contributed by atoms with Crippen LogP contribution in [0.1, 0.15) is 33.5 Å². The Balaban J connectivity index is 0.00000288. The summed E-state index contributed by atoms with van der Waals surface area (Å²) in [5, 5.41) is 14.9. The highest BCUT2D eigenvalue weighted by Crippen LogP contribution is 2.09. The van der Waals surface area contributed by atoms with Crippen molar-refractivity contribution in [3.05, 3.63) is 42.5 Å². The molecule has 0 spiro atoms. The summed E-state index contributed by atoms with van der Waals surface area (Å²) in [5.41, 5.74) is 1.04. The summed E-state index contributed by atoms with van der Waals surface area (Å²) < 4.78 is 1.96. The Hall–Kier alpha value is -1.64. The van der Waals surface area contributed by atoms with Crippen molar-refractivity contribution in [3.8, 4) is 5.69 Å². The molecule has 0 aliphatic heterocycles. The van der Waals surface area contributed by atoms with E-state index in [0.717, 1.165) is 24.0 Å². The van der Waals surface area contributed by atoms with Crippen LogP contribution in [0.3, 0.4) is 0 Å². The number of rotatable bonds is 6. The Morgan fingerprint density at radius 3 is 2.54 bits per heavy atom. The summed E-state index contributed by atoms with van der Waals surface area (Å²) in [6, 6.07) is 10.4. The number of guanidine groups is 1. The van der Waals surface area contributed by atoms with Gasteiger partial charge in [-0.3, -0.25) is 4.57 Å². The van der Waals surface area contributed by atoms with E-state index in [0.29, 0.717) is 18.5 Å². The first kappa shape index (κ1) is 20.4. The molecule has 0 amide bonds. The van der Waals surface area contributed by atoms with Gasteiger partial charge in [-0.2, -0.15) is 0 Å². The third-order valence-electron chi connectivity index (χ3n) is 3.74. The zero-order valence-electron chi connectivity index (χ0n) is 14.7. The van der Waals surface area contributed by atoms with Gasteiger partial charge in [0.05, 0.1) is 0 Å². The molecule has 0 aliphatic rings. The van der Waals surface area contributed by atoms with Crippen molar-refractivity contribution in [1.29, 1.82) is 0 Å². The van der Waals surface area contributed by atoms with Crippen LogP contribution in [0.15, 0.2) is 41.7 Å². The van der Waals surface area contributed by atoms with E-state index in [4.69, 9.17) is 0 Å². The number of para-hydroxylation sites is 1. The zero-order chi connectivity index (χ0) is 16.7. The fourth-order valence-electron chi connectivity index (χ4n) is 2.02. The molecule has 2 rings (SSSR count). The number of halogens is 1. The lowest BCUT2D eigenvalue weighted by atomic mass is 10.1. The Labute approximate surface area is 161 Å². The number of benzene rings is 1. The van der Waals surface area contributed by atoms with Gasteiger partial charge in [0.25, 0.3) is 0 Å². The zero-order valence-corrected chi connectivity index (χ0v) is 17.1. The van der Waals surface area contributed by atoms with Crippen molar-refractivity contribution in [2.45, 2.75) is 40.3 Å². The maximum atomic E-state index is 4.64. The summed E-state index contributed by atoms with van der Waals surface area (Å²) in [7, 11) is 0. The van der Waals surface area contributed by atoms with Gasteiger partial charge < -0.3 is 10.6 Å². The topological polar surface area (TPSA) is 67.1 Å². The van der Waals surface area contributed by atoms with Crippen LogP contribution in [-0.4, -0.2) is 33.3 Å². The van der Waals surface area contributed by atoms with Crippen molar-refractivity contribution in [2.75, 3.05) is 6.54 Å². The molecular formula is C17H27IN6. The predicted octanol–water partition coefficient (Wildman–Crippen LogP) is 2.98. The van der Waals surface area contributed by atoms with Crippen LogP contribution in [0.4, 0.5) is 0 Å². The van der Waals surface area contributed by atoms with Crippen molar-refractivity contribution < 1.29 is 0 Å². The van der Waals surface area contributed by atoms with Crippen molar-refractivity contribution >= 4 is 29.9 Å². The van der Waals surface area contributed by atoms with E-state index in [2.05, 4.69) is 53.5 Å². The van der Waals surface area contributed by atoms with Crippen molar-refractivity contribution in [2.24, 2.45) is 10.9 Å². The Bertz CT molecular complexity index is 623. The molecule has 1 heterocycles. The van der Waals surface area contributed by atoms with E-state index < -0.39 is 0 Å². The molecule has 24 heavy (non-hydrogen) atoms. The first-order valence-electron chi connectivity index (χ1n) is 8.11. The van der Waals surface area contributed by atoms with Gasteiger partial charge >= 0.3 is 0 Å². The monoisotopic (exact) mass is 442 g/mol. The van der Waals surface area contributed by atoms with E-state index in [9.17, 15) is 0 Å². The number of hydrogen-bond donors (Lipinski definition) is 2. The summed E-state index contributed by atoms with van der Waals surface area (Å²) in [6.07, 6.45) is 1.72. The van der Waals surface area contributed by atoms with Crippen LogP contribution < -0.4 is 10.6 Å². The second-order valence-corrected chi connectivity index (χ2v) is 5.82. The summed E-state index contributed by atoms with van der Waals surface area (Å²) in [5.74, 6) is 2.15. The molecule has 1 aromatic carbocycles. The van der Waals surface area contributed by atoms with Gasteiger partial charge in [0.2, 0.25) is 0 Å². The third kappa shape index (κ3) is 5.77. The van der Waals surface area contributed by atoms with Gasteiger partial charge in [0.1, 0.15) is 12.9 Å². The molecular weight excluding hydrogens is 415 g/mol. The second-order valence-electron chi connectivity index (χ2n) is 5.82. The van der Waals surface area contributed by atoms with Crippen molar-refractivity contribution in [3.63, 3.8) is 0 Å². The average molecular weight is 442 g/mol. The minimum Gasteiger partial charge on any atom is -0.357 e. The molecule has 1 unspecified atom stereocenters. The highest BCUT2D eigenvalue weighted by Gasteiger charge is 2.10. The van der Waals surface area contributed by atoms with Crippen LogP contribution in [0.25, 0.3) is 5.69 Å². The Morgan fingerprint density at radius 1 is 1.21 bits per heavy atom. The van der Waals surface area contributed by atoms with Gasteiger partial charge in [-0.15, -0.1) is 34.2 Å². The lowest BCUT2D eigenvalue weighted by Crippen LogP contribution is -2.44. The van der Waals surface area contributed by atoms with E-state index in [-0.39, 0.29) is 24.0 Å². The molecule has 1 atom stereocenters. The normalized spacial score (nSPS) is 12.6. The molecule has 0 saturated heterocycles. The molecule has 2 aromatic rings. The fourth-order valence-corrected chi connectivity index (χ4v) is 2.02. The van der Waals surface area contributed by atoms with E-state index in [1.165, 1.54) is 0 Å². The SMILES string of the molecule is CCNC(=NCc1nncn1-c1ccccc1)NC(C)C(C)C.I. The number of hydrogen-bond acceptors (Lipinski definition) is 3. The largest absolute Gasteiger partial charge is 0.357 e. The van der Waals surface area contributed by atoms with Gasteiger partial charge in [0, 0.05) is 18.3 Å². The first-order chi connectivity index (χ1) is 11.1. The number of nitrogens with one attached hydrogen (secondary N) is 2. The van der Waals surface area contributed by atoms with Crippen LogP contribution >= 0.6 is 24.0 Å². The standard InChI is InChI=1S/C17H26N6.HI/c1-5-18-17(21-14(4)13(2)3)19-11-16-22-20-12-23(16)15-9-7-6-8-10-15;/h6-10,12-14H,5,11H2,1-4H3,(H2,18,19,21);1H. The molecule has 0 fully saturated rings. The van der Waals surface area contributed by atoms with E-state index in [1.54, 1.807) is 6.33 Å². The smallest absolute Gasteiger partial charge is 0.191 e. The van der Waals surface area contributed by atoms with Gasteiger partial charge in [0.15, 0.2) is 11.8 Å². The van der Waals surface area contributed by atoms with Crippen LogP contribution in [0, 0.1) is 5.92 Å². The predicted molar refractivity (Wildman–Crippen MR) is 109 cm³/mol. The Morgan fingerprint density at radius 2 is 1.92 bits per heavy atom. The molecule has 0 radical (unpaired) electrons. The highest BCUT2D eigenvalue weighted by molar-refractivity contribution is 14.0. The molecule has 0 bridgehead atoms. The van der Waals surface area contributed by atoms with Gasteiger partial charge in [-0.1, -0.05) is 32.0 Å². The van der Waals surface area contributed by atoms with Crippen LogP contribution in [0.5, 0.6) is 0 Å². The molecule has 7 heteroatoms. The minimum atomic E-state index is 0. The Kier molecular flexibility index (Phi) is 8.73. The number of aliphatic imine (C=N–C) groups is 1. The highest BCUT2D eigenvalue weighted by atomic mass is 127. The summed E-state index contributed by atoms with van der Waals surface area (Å²) >= 11 is 0. The van der Waals surface area contributed by atoms with Crippen molar-refractivity contribution in [1.82, 2.24) is 25.4 Å². The molecule has 0 saturated carbocycles. The number of nitrogens with zero attached hydrogens (tertiary/aromatic N) is 4. The molecule has 2 N–H and O–H groups in total. The first-order valence-corrected chi connectivity index (χ1v) is 8.11. The lowest BCUT2D eigenvalue weighted by molar-refractivity contribution is 0.481.